The summed E-state index contributed by atoms with van der Waals surface area (Å²) >= 11 is 6.27. The number of amides is 1. The van der Waals surface area contributed by atoms with Crippen molar-refractivity contribution in [1.82, 2.24) is 29.9 Å². The van der Waals surface area contributed by atoms with Crippen LogP contribution < -0.4 is 13.5 Å². The summed E-state index contributed by atoms with van der Waals surface area (Å²) in [6.45, 7) is 5.72. The Labute approximate surface area is 222 Å². The van der Waals surface area contributed by atoms with Gasteiger partial charge in [0.25, 0.3) is 0 Å². The zero-order chi connectivity index (χ0) is 26.3. The summed E-state index contributed by atoms with van der Waals surface area (Å²) in [5.41, 5.74) is -0.529. The van der Waals surface area contributed by atoms with E-state index in [-0.39, 0.29) is 6.54 Å². The molecular formula is C23H25AsClFN6O3S. The third-order valence-electron chi connectivity index (χ3n) is 5.31. The summed E-state index contributed by atoms with van der Waals surface area (Å²) in [6, 6.07) is 1.80. The normalized spacial score (nSPS) is 13.6. The zero-order valence-corrected chi connectivity index (χ0v) is 23.6. The van der Waals surface area contributed by atoms with Crippen molar-refractivity contribution in [3.8, 4) is 11.3 Å². The predicted octanol–water partition coefficient (Wildman–Crippen LogP) is 1.35. The fourth-order valence-corrected chi connectivity index (χ4v) is 7.47. The van der Waals surface area contributed by atoms with Crippen molar-refractivity contribution < 1.29 is 19.4 Å². The molecule has 0 spiro atoms. The van der Waals surface area contributed by atoms with E-state index in [1.54, 1.807) is 43.0 Å². The van der Waals surface area contributed by atoms with Gasteiger partial charge in [-0.1, -0.05) is 0 Å². The van der Waals surface area contributed by atoms with Gasteiger partial charge < -0.3 is 0 Å². The van der Waals surface area contributed by atoms with Gasteiger partial charge in [0, 0.05) is 0 Å². The van der Waals surface area contributed by atoms with E-state index in [4.69, 9.17) is 11.6 Å². The first-order chi connectivity index (χ1) is 16.8. The molecule has 2 atom stereocenters. The van der Waals surface area contributed by atoms with Gasteiger partial charge in [-0.25, -0.2) is 0 Å². The van der Waals surface area contributed by atoms with E-state index >= 15 is 0 Å². The molecule has 0 aromatic carbocycles. The summed E-state index contributed by atoms with van der Waals surface area (Å²) < 4.78 is 17.3. The van der Waals surface area contributed by atoms with Gasteiger partial charge in [-0.3, -0.25) is 0 Å². The molecule has 9 nitrogen and oxygen atoms in total. The van der Waals surface area contributed by atoms with Crippen LogP contribution in [0.25, 0.3) is 16.9 Å². The minimum atomic E-state index is -1.64. The van der Waals surface area contributed by atoms with Gasteiger partial charge in [-0.15, -0.1) is 0 Å². The number of nitrogens with zero attached hydrogens (tertiary/aromatic N) is 5. The SMILES string of the molecule is CC(C)(O)c1cnc([AsH]c2cc(-c3cnn4cc(Cl)cnc34)ncc2C(=O)NCC(F)C(C)(C)O)s1. The van der Waals surface area contributed by atoms with E-state index in [9.17, 15) is 19.4 Å². The molecule has 36 heavy (non-hydrogen) atoms. The van der Waals surface area contributed by atoms with Crippen LogP contribution in [0.1, 0.15) is 42.9 Å². The first-order valence-corrected chi connectivity index (χ1v) is 14.2. The second kappa shape index (κ2) is 10.1. The number of hydrogen-bond acceptors (Lipinski definition) is 8. The van der Waals surface area contributed by atoms with Gasteiger partial charge in [0.15, 0.2) is 0 Å². The molecule has 4 heterocycles. The molecule has 0 fully saturated rings. The van der Waals surface area contributed by atoms with Crippen molar-refractivity contribution >= 4 is 58.4 Å². The standard InChI is InChI=1S/C23H25AsClFN6O3S/c1-22(2,34)17(26)9-29-20(33)13-7-27-16(14-8-31-32-11-12(25)6-28-19(14)32)5-15(13)24-21-30-10-18(36-21)23(3,4)35/h5-8,10-11,17,24,34-35H,9H2,1-4H3,(H,29,33). The Balaban J connectivity index is 1.71. The van der Waals surface area contributed by atoms with Crippen LogP contribution >= 0.6 is 22.9 Å². The molecule has 0 saturated carbocycles. The van der Waals surface area contributed by atoms with E-state index < -0.39 is 39.0 Å². The number of rotatable bonds is 8. The first kappa shape index (κ1) is 26.6. The Morgan fingerprint density at radius 2 is 1.94 bits per heavy atom. The monoisotopic (exact) mass is 594 g/mol. The van der Waals surface area contributed by atoms with E-state index in [1.807, 2.05) is 0 Å². The molecule has 0 bridgehead atoms. The predicted molar refractivity (Wildman–Crippen MR) is 139 cm³/mol. The molecule has 0 aliphatic carbocycles. The number of fused-ring (bicyclic) bond motifs is 1. The van der Waals surface area contributed by atoms with Crippen molar-refractivity contribution in [3.05, 3.63) is 52.5 Å². The van der Waals surface area contributed by atoms with Crippen LogP contribution in [0.3, 0.4) is 0 Å². The third kappa shape index (κ3) is 5.92. The number of aromatic nitrogens is 5. The van der Waals surface area contributed by atoms with Crippen molar-refractivity contribution in [3.63, 3.8) is 0 Å². The van der Waals surface area contributed by atoms with E-state index in [2.05, 4.69) is 25.4 Å². The zero-order valence-electron chi connectivity index (χ0n) is 20.0. The van der Waals surface area contributed by atoms with Gasteiger partial charge in [-0.05, 0) is 0 Å². The van der Waals surface area contributed by atoms with Crippen LogP contribution in [0, 0.1) is 0 Å². The molecule has 2 unspecified atom stereocenters. The molecular weight excluding hydrogens is 570 g/mol. The van der Waals surface area contributed by atoms with Crippen molar-refractivity contribution in [2.75, 3.05) is 6.54 Å². The average molecular weight is 595 g/mol. The van der Waals surface area contributed by atoms with Crippen LogP contribution in [0.2, 0.25) is 5.02 Å². The quantitative estimate of drug-likeness (QED) is 0.263. The maximum absolute atomic E-state index is 14.2. The second-order valence-electron chi connectivity index (χ2n) is 9.26. The first-order valence-electron chi connectivity index (χ1n) is 10.9. The number of alkyl halides is 1. The number of thiazole rings is 1. The van der Waals surface area contributed by atoms with Crippen molar-refractivity contribution in [2.45, 2.75) is 45.1 Å². The molecule has 3 N–H and O–H groups in total. The molecule has 1 amide bonds. The topological polar surface area (TPSA) is 126 Å². The van der Waals surface area contributed by atoms with Gasteiger partial charge in [0.1, 0.15) is 0 Å². The summed E-state index contributed by atoms with van der Waals surface area (Å²) in [5, 5.41) is 27.4. The van der Waals surface area contributed by atoms with E-state index in [0.717, 1.165) is 13.0 Å². The molecule has 0 aliphatic heterocycles. The third-order valence-corrected chi connectivity index (χ3v) is 9.95. The average Bonchev–Trinajstić information content (AvgIpc) is 3.43. The van der Waals surface area contributed by atoms with Crippen LogP contribution in [-0.2, 0) is 5.60 Å². The van der Waals surface area contributed by atoms with Gasteiger partial charge >= 0.3 is 223 Å². The Kier molecular flexibility index (Phi) is 7.50. The van der Waals surface area contributed by atoms with Crippen LogP contribution in [0.5, 0.6) is 0 Å². The van der Waals surface area contributed by atoms with Crippen molar-refractivity contribution in [1.29, 1.82) is 0 Å². The molecule has 190 valence electrons. The Morgan fingerprint density at radius 3 is 2.61 bits per heavy atom. The molecule has 0 aliphatic rings. The number of hydrogen-bond donors (Lipinski definition) is 3. The Bertz CT molecular complexity index is 1420. The van der Waals surface area contributed by atoms with Crippen molar-refractivity contribution in [2.24, 2.45) is 0 Å². The fraction of sp³-hybridized carbons (Fsp3) is 0.348. The Morgan fingerprint density at radius 1 is 1.19 bits per heavy atom. The number of nitrogens with one attached hydrogen (secondary N) is 1. The Hall–Kier alpha value is -2.43. The minimum absolute atomic E-state index is 0.300. The summed E-state index contributed by atoms with van der Waals surface area (Å²) in [6.07, 6.45) is 6.22. The second-order valence-corrected chi connectivity index (χ2v) is 14.1. The van der Waals surface area contributed by atoms with Gasteiger partial charge in [0.05, 0.1) is 0 Å². The molecule has 13 heteroatoms. The molecule has 0 saturated heterocycles. The molecule has 4 rings (SSSR count). The maximum atomic E-state index is 14.2. The van der Waals surface area contributed by atoms with Crippen LogP contribution in [-0.4, -0.2) is 74.8 Å². The number of carbonyl (C=O) groups excluding carboxylic acids is 1. The number of aliphatic hydroxyl groups is 2. The van der Waals surface area contributed by atoms with E-state index in [1.165, 1.54) is 37.6 Å². The summed E-state index contributed by atoms with van der Waals surface area (Å²) in [7, 11) is 0. The molecule has 4 aromatic heterocycles. The fourth-order valence-electron chi connectivity index (χ4n) is 3.18. The number of carbonyl (C=O) groups is 1. The number of pyridine rings is 1. The van der Waals surface area contributed by atoms with Gasteiger partial charge in [-0.2, -0.15) is 0 Å². The number of halogens is 2. The molecule has 4 aromatic rings. The van der Waals surface area contributed by atoms with Gasteiger partial charge in [0.2, 0.25) is 0 Å². The summed E-state index contributed by atoms with van der Waals surface area (Å²) in [5.74, 6) is -0.497. The van der Waals surface area contributed by atoms with E-state index in [0.29, 0.717) is 27.5 Å². The molecule has 0 radical (unpaired) electrons. The summed E-state index contributed by atoms with van der Waals surface area (Å²) in [4.78, 5) is 27.0. The van der Waals surface area contributed by atoms with Crippen LogP contribution in [0.4, 0.5) is 4.39 Å². The van der Waals surface area contributed by atoms with Crippen LogP contribution in [0.15, 0.2) is 37.1 Å².